The van der Waals surface area contributed by atoms with Crippen LogP contribution in [-0.2, 0) is 28.6 Å². The molecule has 7 heteroatoms. The summed E-state index contributed by atoms with van der Waals surface area (Å²) in [5, 5.41) is 0. The maximum atomic E-state index is 12.8. The molecule has 162 valence electrons. The summed E-state index contributed by atoms with van der Waals surface area (Å²) in [7, 11) is 0. The van der Waals surface area contributed by atoms with Crippen LogP contribution in [0.3, 0.4) is 0 Å². The maximum absolute atomic E-state index is 12.8. The van der Waals surface area contributed by atoms with Gasteiger partial charge < -0.3 is 19.9 Å². The molecule has 28 heavy (non-hydrogen) atoms. The summed E-state index contributed by atoms with van der Waals surface area (Å²) in [6, 6.07) is -1.07. The number of nitrogens with two attached hydrogens (primary N) is 1. The van der Waals surface area contributed by atoms with Crippen molar-refractivity contribution in [3.05, 3.63) is 0 Å². The number of hydrogen-bond donors (Lipinski definition) is 1. The molecule has 1 saturated heterocycles. The molecule has 1 aliphatic rings. The molecular formula is C21H37NO6. The number of carbonyl (C=O) groups is 3. The van der Waals surface area contributed by atoms with E-state index in [1.807, 2.05) is 13.8 Å². The van der Waals surface area contributed by atoms with Crippen LogP contribution < -0.4 is 5.73 Å². The number of unbranched alkanes of at least 4 members (excludes halogenated alkanes) is 3. The quantitative estimate of drug-likeness (QED) is 0.361. The molecule has 0 saturated carbocycles. The molecule has 0 aromatic heterocycles. The van der Waals surface area contributed by atoms with Crippen LogP contribution in [0.1, 0.15) is 79.6 Å². The van der Waals surface area contributed by atoms with E-state index in [2.05, 4.69) is 6.92 Å². The molecule has 0 radical (unpaired) electrons. The fourth-order valence-electron chi connectivity index (χ4n) is 3.19. The third-order valence-corrected chi connectivity index (χ3v) is 5.11. The van der Waals surface area contributed by atoms with Gasteiger partial charge in [0, 0.05) is 6.42 Å². The van der Waals surface area contributed by atoms with E-state index in [9.17, 15) is 14.4 Å². The number of esters is 3. The normalized spacial score (nSPS) is 28.8. The fraction of sp³-hybridized carbons (Fsp3) is 0.857. The molecule has 0 aliphatic carbocycles. The Hall–Kier alpha value is -1.63. The standard InChI is InChI=1S/C21H37NO6/c1-6-7-8-9-10-16-19(28-17(23)12-11-13(2)3)15(5)27-21(25)18(22)14(4)26-20(16)24/h13-16,18-19H,6-12,22H2,1-5H3/t14-,15+,16-,18+,19+/m1/s1. The van der Waals surface area contributed by atoms with Crippen LogP contribution in [-0.4, -0.2) is 42.3 Å². The van der Waals surface area contributed by atoms with E-state index in [1.165, 1.54) is 0 Å². The Morgan fingerprint density at radius 2 is 1.71 bits per heavy atom. The second kappa shape index (κ2) is 12.0. The van der Waals surface area contributed by atoms with Crippen molar-refractivity contribution < 1.29 is 28.6 Å². The summed E-state index contributed by atoms with van der Waals surface area (Å²) < 4.78 is 16.5. The Morgan fingerprint density at radius 1 is 1.07 bits per heavy atom. The Bertz CT molecular complexity index is 521. The predicted molar refractivity (Wildman–Crippen MR) is 105 cm³/mol. The van der Waals surface area contributed by atoms with Crippen molar-refractivity contribution in [2.45, 2.75) is 104 Å². The minimum atomic E-state index is -1.07. The van der Waals surface area contributed by atoms with Crippen LogP contribution in [0.15, 0.2) is 0 Å². The smallest absolute Gasteiger partial charge is 0.327 e. The molecule has 0 aromatic rings. The van der Waals surface area contributed by atoms with Gasteiger partial charge >= 0.3 is 17.9 Å². The number of rotatable bonds is 9. The van der Waals surface area contributed by atoms with Crippen molar-refractivity contribution >= 4 is 17.9 Å². The molecule has 1 heterocycles. The Labute approximate surface area is 168 Å². The summed E-state index contributed by atoms with van der Waals surface area (Å²) >= 11 is 0. The lowest BCUT2D eigenvalue weighted by Gasteiger charge is -2.29. The van der Waals surface area contributed by atoms with Gasteiger partial charge in [-0.25, -0.2) is 0 Å². The molecule has 0 aromatic carbocycles. The van der Waals surface area contributed by atoms with Gasteiger partial charge in [-0.2, -0.15) is 0 Å². The van der Waals surface area contributed by atoms with Crippen molar-refractivity contribution in [2.75, 3.05) is 0 Å². The van der Waals surface area contributed by atoms with Crippen molar-refractivity contribution in [1.82, 2.24) is 0 Å². The van der Waals surface area contributed by atoms with Gasteiger partial charge in [-0.3, -0.25) is 14.4 Å². The van der Waals surface area contributed by atoms with Crippen molar-refractivity contribution in [2.24, 2.45) is 17.6 Å². The topological polar surface area (TPSA) is 105 Å². The predicted octanol–water partition coefficient (Wildman–Crippen LogP) is 3.13. The highest BCUT2D eigenvalue weighted by atomic mass is 16.6. The van der Waals surface area contributed by atoms with E-state index in [0.29, 0.717) is 18.8 Å². The van der Waals surface area contributed by atoms with Crippen molar-refractivity contribution in [1.29, 1.82) is 0 Å². The molecule has 7 nitrogen and oxygen atoms in total. The summed E-state index contributed by atoms with van der Waals surface area (Å²) in [4.78, 5) is 37.4. The SMILES string of the molecule is CCCCCC[C@H]1C(=O)O[C@H](C)[C@H](N)C(=O)O[C@@H](C)[C@@H]1OC(=O)CCC(C)C. The van der Waals surface area contributed by atoms with Gasteiger partial charge in [-0.1, -0.05) is 46.5 Å². The van der Waals surface area contributed by atoms with Gasteiger partial charge in [0.2, 0.25) is 0 Å². The van der Waals surface area contributed by atoms with E-state index in [0.717, 1.165) is 25.7 Å². The molecule has 0 bridgehead atoms. The van der Waals surface area contributed by atoms with Gasteiger partial charge in [0.05, 0.1) is 5.92 Å². The highest BCUT2D eigenvalue weighted by Gasteiger charge is 2.42. The Kier molecular flexibility index (Phi) is 10.5. The first kappa shape index (κ1) is 24.4. The van der Waals surface area contributed by atoms with E-state index in [4.69, 9.17) is 19.9 Å². The van der Waals surface area contributed by atoms with Crippen LogP contribution in [0.5, 0.6) is 0 Å². The van der Waals surface area contributed by atoms with Crippen molar-refractivity contribution in [3.8, 4) is 0 Å². The first-order chi connectivity index (χ1) is 13.2. The summed E-state index contributed by atoms with van der Waals surface area (Å²) in [5.41, 5.74) is 5.84. The minimum Gasteiger partial charge on any atom is -0.460 e. The summed E-state index contributed by atoms with van der Waals surface area (Å²) in [5.74, 6) is -1.88. The lowest BCUT2D eigenvalue weighted by molar-refractivity contribution is -0.175. The van der Waals surface area contributed by atoms with E-state index in [-0.39, 0.29) is 6.42 Å². The molecule has 2 N–H and O–H groups in total. The fourth-order valence-corrected chi connectivity index (χ4v) is 3.19. The van der Waals surface area contributed by atoms with Crippen LogP contribution >= 0.6 is 0 Å². The summed E-state index contributed by atoms with van der Waals surface area (Å²) in [6.45, 7) is 9.35. The average molecular weight is 400 g/mol. The third kappa shape index (κ3) is 7.78. The molecule has 0 unspecified atom stereocenters. The largest absolute Gasteiger partial charge is 0.460 e. The highest BCUT2D eigenvalue weighted by Crippen LogP contribution is 2.26. The molecule has 0 spiro atoms. The zero-order valence-corrected chi connectivity index (χ0v) is 17.9. The zero-order valence-electron chi connectivity index (χ0n) is 17.9. The lowest BCUT2D eigenvalue weighted by atomic mass is 9.92. The molecule has 1 rings (SSSR count). The summed E-state index contributed by atoms with van der Waals surface area (Å²) in [6.07, 6.45) is 2.88. The molecular weight excluding hydrogens is 362 g/mol. The van der Waals surface area contributed by atoms with Gasteiger partial charge in [0.15, 0.2) is 6.10 Å². The number of hydrogen-bond acceptors (Lipinski definition) is 7. The molecule has 5 atom stereocenters. The van der Waals surface area contributed by atoms with Crippen LogP contribution in [0.2, 0.25) is 0 Å². The second-order valence-electron chi connectivity index (χ2n) is 8.15. The van der Waals surface area contributed by atoms with E-state index in [1.54, 1.807) is 13.8 Å². The van der Waals surface area contributed by atoms with Crippen molar-refractivity contribution in [3.63, 3.8) is 0 Å². The molecule has 0 amide bonds. The minimum absolute atomic E-state index is 0.252. The second-order valence-corrected chi connectivity index (χ2v) is 8.15. The first-order valence-corrected chi connectivity index (χ1v) is 10.5. The molecule has 1 aliphatic heterocycles. The van der Waals surface area contributed by atoms with Crippen LogP contribution in [0.25, 0.3) is 0 Å². The Morgan fingerprint density at radius 3 is 2.32 bits per heavy atom. The Balaban J connectivity index is 3.01. The zero-order chi connectivity index (χ0) is 21.3. The number of ether oxygens (including phenoxy) is 3. The number of carbonyl (C=O) groups excluding carboxylic acids is 3. The lowest BCUT2D eigenvalue weighted by Crippen LogP contribution is -2.44. The van der Waals surface area contributed by atoms with E-state index >= 15 is 0 Å². The van der Waals surface area contributed by atoms with Crippen LogP contribution in [0.4, 0.5) is 0 Å². The highest BCUT2D eigenvalue weighted by molar-refractivity contribution is 5.79. The van der Waals surface area contributed by atoms with Gasteiger partial charge in [-0.05, 0) is 32.6 Å². The monoisotopic (exact) mass is 399 g/mol. The number of cyclic esters (lactones) is 2. The van der Waals surface area contributed by atoms with Gasteiger partial charge in [0.25, 0.3) is 0 Å². The maximum Gasteiger partial charge on any atom is 0.327 e. The van der Waals surface area contributed by atoms with Gasteiger partial charge in [0.1, 0.15) is 18.2 Å². The molecule has 1 fully saturated rings. The van der Waals surface area contributed by atoms with Gasteiger partial charge in [-0.15, -0.1) is 0 Å². The average Bonchev–Trinajstić information content (AvgIpc) is 2.65. The van der Waals surface area contributed by atoms with E-state index < -0.39 is 48.2 Å². The third-order valence-electron chi connectivity index (χ3n) is 5.11. The first-order valence-electron chi connectivity index (χ1n) is 10.5. The van der Waals surface area contributed by atoms with Crippen LogP contribution in [0, 0.1) is 11.8 Å².